The molecule has 0 amide bonds. The normalized spacial score (nSPS) is 11.2. The van der Waals surface area contributed by atoms with Gasteiger partial charge in [0.05, 0.1) is 22.8 Å². The molecule has 0 saturated heterocycles. The predicted molar refractivity (Wildman–Crippen MR) is 82.8 cm³/mol. The van der Waals surface area contributed by atoms with E-state index in [1.807, 2.05) is 0 Å². The molecule has 0 aliphatic rings. The summed E-state index contributed by atoms with van der Waals surface area (Å²) in [6.07, 6.45) is 1.51. The maximum absolute atomic E-state index is 12.4. The zero-order valence-corrected chi connectivity index (χ0v) is 13.6. The highest BCUT2D eigenvalue weighted by atomic mass is 35.5. The number of rotatable bonds is 4. The number of hydrogen-bond donors (Lipinski definition) is 1. The SMILES string of the molecule is COc1cc(Cl)c(S(=O)(=O)Nc2ccnc(C)c2)cc1Cl. The van der Waals surface area contributed by atoms with E-state index in [2.05, 4.69) is 9.71 Å². The molecule has 2 rings (SSSR count). The van der Waals surface area contributed by atoms with E-state index in [9.17, 15) is 8.42 Å². The van der Waals surface area contributed by atoms with Crippen LogP contribution in [0.4, 0.5) is 5.69 Å². The van der Waals surface area contributed by atoms with Crippen molar-refractivity contribution in [3.63, 3.8) is 0 Å². The van der Waals surface area contributed by atoms with Gasteiger partial charge < -0.3 is 4.74 Å². The third-order valence-corrected chi connectivity index (χ3v) is 4.79. The third kappa shape index (κ3) is 3.58. The fraction of sp³-hybridized carbons (Fsp3) is 0.154. The molecular formula is C13H12Cl2N2O3S. The van der Waals surface area contributed by atoms with E-state index in [1.54, 1.807) is 19.1 Å². The molecule has 5 nitrogen and oxygen atoms in total. The first-order chi connectivity index (χ1) is 9.83. The van der Waals surface area contributed by atoms with Crippen molar-refractivity contribution in [1.29, 1.82) is 0 Å². The van der Waals surface area contributed by atoms with E-state index in [0.717, 1.165) is 0 Å². The van der Waals surface area contributed by atoms with Crippen LogP contribution < -0.4 is 9.46 Å². The van der Waals surface area contributed by atoms with Gasteiger partial charge in [0.25, 0.3) is 10.0 Å². The monoisotopic (exact) mass is 346 g/mol. The number of halogens is 2. The second-order valence-corrected chi connectivity index (χ2v) is 6.67. The van der Waals surface area contributed by atoms with Crippen molar-refractivity contribution in [2.24, 2.45) is 0 Å². The predicted octanol–water partition coefficient (Wildman–Crippen LogP) is 3.51. The van der Waals surface area contributed by atoms with Gasteiger partial charge in [0.1, 0.15) is 10.6 Å². The summed E-state index contributed by atoms with van der Waals surface area (Å²) in [4.78, 5) is 3.88. The van der Waals surface area contributed by atoms with Gasteiger partial charge in [-0.05, 0) is 25.1 Å². The minimum atomic E-state index is -3.86. The van der Waals surface area contributed by atoms with Crippen LogP contribution in [-0.4, -0.2) is 20.5 Å². The number of sulfonamides is 1. The molecule has 1 aromatic heterocycles. The molecule has 0 bridgehead atoms. The fourth-order valence-corrected chi connectivity index (χ4v) is 3.59. The van der Waals surface area contributed by atoms with E-state index in [1.165, 1.54) is 25.4 Å². The first-order valence-corrected chi connectivity index (χ1v) is 8.06. The molecule has 8 heteroatoms. The molecule has 21 heavy (non-hydrogen) atoms. The maximum atomic E-state index is 12.4. The second kappa shape index (κ2) is 6.09. The first-order valence-electron chi connectivity index (χ1n) is 5.82. The molecule has 0 atom stereocenters. The van der Waals surface area contributed by atoms with Gasteiger partial charge in [-0.15, -0.1) is 0 Å². The Kier molecular flexibility index (Phi) is 4.61. The van der Waals surface area contributed by atoms with Crippen LogP contribution in [0, 0.1) is 6.92 Å². The van der Waals surface area contributed by atoms with Crippen molar-refractivity contribution in [3.8, 4) is 5.75 Å². The molecule has 0 aliphatic carbocycles. The van der Waals surface area contributed by atoms with Crippen LogP contribution in [0.2, 0.25) is 10.0 Å². The number of methoxy groups -OCH3 is 1. The summed E-state index contributed by atoms with van der Waals surface area (Å²) in [5, 5.41) is 0.183. The van der Waals surface area contributed by atoms with Crippen molar-refractivity contribution >= 4 is 38.9 Å². The van der Waals surface area contributed by atoms with Gasteiger partial charge in [-0.25, -0.2) is 8.42 Å². The molecule has 0 radical (unpaired) electrons. The van der Waals surface area contributed by atoms with E-state index < -0.39 is 10.0 Å². The standard InChI is InChI=1S/C13H12Cl2N2O3S/c1-8-5-9(3-4-16-8)17-21(18,19)13-7-10(14)12(20-2)6-11(13)15/h3-7H,1-2H3,(H,16,17). The van der Waals surface area contributed by atoms with Crippen LogP contribution >= 0.6 is 23.2 Å². The largest absolute Gasteiger partial charge is 0.495 e. The third-order valence-electron chi connectivity index (χ3n) is 2.64. The Bertz CT molecular complexity index is 779. The summed E-state index contributed by atoms with van der Waals surface area (Å²) in [7, 11) is -2.44. The minimum Gasteiger partial charge on any atom is -0.495 e. The highest BCUT2D eigenvalue weighted by molar-refractivity contribution is 7.92. The van der Waals surface area contributed by atoms with Gasteiger partial charge in [-0.3, -0.25) is 9.71 Å². The van der Waals surface area contributed by atoms with E-state index in [4.69, 9.17) is 27.9 Å². The quantitative estimate of drug-likeness (QED) is 0.919. The number of anilines is 1. The van der Waals surface area contributed by atoms with E-state index >= 15 is 0 Å². The van der Waals surface area contributed by atoms with Crippen molar-refractivity contribution in [2.45, 2.75) is 11.8 Å². The van der Waals surface area contributed by atoms with Crippen LogP contribution in [0.5, 0.6) is 5.75 Å². The highest BCUT2D eigenvalue weighted by Gasteiger charge is 2.20. The maximum Gasteiger partial charge on any atom is 0.263 e. The van der Waals surface area contributed by atoms with Crippen molar-refractivity contribution in [3.05, 3.63) is 46.2 Å². The molecule has 1 heterocycles. The highest BCUT2D eigenvalue weighted by Crippen LogP contribution is 2.34. The molecule has 0 unspecified atom stereocenters. The van der Waals surface area contributed by atoms with Crippen LogP contribution in [0.1, 0.15) is 5.69 Å². The Balaban J connectivity index is 2.42. The average molecular weight is 347 g/mol. The summed E-state index contributed by atoms with van der Waals surface area (Å²) in [6.45, 7) is 1.76. The number of aryl methyl sites for hydroxylation is 1. The lowest BCUT2D eigenvalue weighted by Crippen LogP contribution is -2.14. The minimum absolute atomic E-state index is 0.0227. The molecule has 2 aromatic rings. The van der Waals surface area contributed by atoms with Crippen LogP contribution in [0.3, 0.4) is 0 Å². The number of hydrogen-bond acceptors (Lipinski definition) is 4. The molecule has 1 aromatic carbocycles. The summed E-state index contributed by atoms with van der Waals surface area (Å²) >= 11 is 11.9. The van der Waals surface area contributed by atoms with E-state index in [-0.39, 0.29) is 14.9 Å². The van der Waals surface area contributed by atoms with Gasteiger partial charge in [0.15, 0.2) is 0 Å². The van der Waals surface area contributed by atoms with Crippen LogP contribution in [-0.2, 0) is 10.0 Å². The Hall–Kier alpha value is -1.50. The van der Waals surface area contributed by atoms with E-state index in [0.29, 0.717) is 17.1 Å². The zero-order valence-electron chi connectivity index (χ0n) is 11.2. The number of pyridine rings is 1. The number of nitrogens with zero attached hydrogens (tertiary/aromatic N) is 1. The molecular weight excluding hydrogens is 335 g/mol. The van der Waals surface area contributed by atoms with Gasteiger partial charge in [0, 0.05) is 18.0 Å². The summed E-state index contributed by atoms with van der Waals surface area (Å²) in [5.41, 5.74) is 1.08. The number of ether oxygens (including phenoxy) is 1. The topological polar surface area (TPSA) is 68.3 Å². The van der Waals surface area contributed by atoms with Crippen LogP contribution in [0.25, 0.3) is 0 Å². The Morgan fingerprint density at radius 1 is 1.19 bits per heavy atom. The first kappa shape index (κ1) is 15.9. The lowest BCUT2D eigenvalue weighted by Gasteiger charge is -2.12. The van der Waals surface area contributed by atoms with Crippen molar-refractivity contribution < 1.29 is 13.2 Å². The number of benzene rings is 1. The van der Waals surface area contributed by atoms with Crippen LogP contribution in [0.15, 0.2) is 35.4 Å². The molecule has 0 saturated carbocycles. The van der Waals surface area contributed by atoms with Gasteiger partial charge in [-0.1, -0.05) is 23.2 Å². The molecule has 0 fully saturated rings. The molecule has 0 spiro atoms. The lowest BCUT2D eigenvalue weighted by molar-refractivity contribution is 0.414. The lowest BCUT2D eigenvalue weighted by atomic mass is 10.3. The average Bonchev–Trinajstić information content (AvgIpc) is 2.40. The smallest absolute Gasteiger partial charge is 0.263 e. The Labute approximate surface area is 132 Å². The molecule has 112 valence electrons. The Morgan fingerprint density at radius 2 is 1.90 bits per heavy atom. The number of nitrogens with one attached hydrogen (secondary N) is 1. The zero-order chi connectivity index (χ0) is 15.6. The summed E-state index contributed by atoms with van der Waals surface area (Å²) < 4.78 is 32.2. The summed E-state index contributed by atoms with van der Waals surface area (Å²) in [5.74, 6) is 0.306. The Morgan fingerprint density at radius 3 is 2.52 bits per heavy atom. The van der Waals surface area contributed by atoms with Gasteiger partial charge in [0.2, 0.25) is 0 Å². The second-order valence-electron chi connectivity index (χ2n) is 4.21. The fourth-order valence-electron chi connectivity index (χ4n) is 1.69. The molecule has 0 aliphatic heterocycles. The molecule has 1 N–H and O–H groups in total. The van der Waals surface area contributed by atoms with Crippen molar-refractivity contribution in [1.82, 2.24) is 4.98 Å². The van der Waals surface area contributed by atoms with Crippen molar-refractivity contribution in [2.75, 3.05) is 11.8 Å². The van der Waals surface area contributed by atoms with Gasteiger partial charge in [-0.2, -0.15) is 0 Å². The summed E-state index contributed by atoms with van der Waals surface area (Å²) in [6, 6.07) is 5.76. The number of aromatic nitrogens is 1. The van der Waals surface area contributed by atoms with Gasteiger partial charge >= 0.3 is 0 Å².